The Bertz CT molecular complexity index is 802. The normalized spacial score (nSPS) is 18.3. The fraction of sp³-hybridized carbons (Fsp3) is 0.200. The molecule has 0 saturated heterocycles. The Morgan fingerprint density at radius 2 is 1.60 bits per heavy atom. The Hall–Kier alpha value is -1.30. The molecule has 1 aromatic rings. The van der Waals surface area contributed by atoms with Gasteiger partial charge in [0, 0.05) is 12.0 Å². The molecule has 0 aromatic heterocycles. The third kappa shape index (κ3) is 2.75. The maximum atomic E-state index is 11.1. The molecule has 0 amide bonds. The van der Waals surface area contributed by atoms with Crippen LogP contribution in [0, 0.1) is 0 Å². The molecule has 0 saturated carbocycles. The van der Waals surface area contributed by atoms with E-state index in [1.165, 1.54) is 0 Å². The summed E-state index contributed by atoms with van der Waals surface area (Å²) in [5.74, 6) is -2.58. The molecule has 1 aliphatic carbocycles. The van der Waals surface area contributed by atoms with E-state index in [4.69, 9.17) is 9.11 Å². The van der Waals surface area contributed by atoms with Gasteiger partial charge in [0.2, 0.25) is 0 Å². The SMILES string of the molecule is O=S(=O)(O)C1=Cc2cc(S(=O)(=O)O)ccc2C(O)(O)C1. The van der Waals surface area contributed by atoms with Crippen molar-refractivity contribution < 1.29 is 36.2 Å². The van der Waals surface area contributed by atoms with E-state index in [9.17, 15) is 27.0 Å². The third-order valence-corrected chi connectivity index (χ3v) is 4.60. The fourth-order valence-electron chi connectivity index (χ4n) is 1.91. The molecular weight excluding hydrogens is 312 g/mol. The van der Waals surface area contributed by atoms with Crippen molar-refractivity contribution in [1.82, 2.24) is 0 Å². The Kier molecular flexibility index (Phi) is 3.28. The molecule has 0 atom stereocenters. The van der Waals surface area contributed by atoms with Gasteiger partial charge in [0.25, 0.3) is 20.2 Å². The lowest BCUT2D eigenvalue weighted by Crippen LogP contribution is -2.30. The topological polar surface area (TPSA) is 149 Å². The standard InChI is InChI=1S/C10H10O8S2/c11-10(12)5-8(20(16,17)18)4-6-3-7(19(13,14)15)1-2-9(6)10/h1-4,11-12H,5H2,(H,13,14,15)(H,16,17,18). The van der Waals surface area contributed by atoms with Gasteiger partial charge >= 0.3 is 0 Å². The largest absolute Gasteiger partial charge is 0.362 e. The molecule has 0 heterocycles. The first-order chi connectivity index (χ1) is 8.91. The molecule has 110 valence electrons. The van der Waals surface area contributed by atoms with Gasteiger partial charge < -0.3 is 10.2 Å². The van der Waals surface area contributed by atoms with Crippen LogP contribution in [0.3, 0.4) is 0 Å². The number of rotatable bonds is 2. The summed E-state index contributed by atoms with van der Waals surface area (Å²) in [6.45, 7) is 0. The second kappa shape index (κ2) is 4.35. The summed E-state index contributed by atoms with van der Waals surface area (Å²) in [7, 11) is -9.19. The van der Waals surface area contributed by atoms with Crippen LogP contribution >= 0.6 is 0 Å². The van der Waals surface area contributed by atoms with E-state index >= 15 is 0 Å². The minimum Gasteiger partial charge on any atom is -0.362 e. The minimum absolute atomic E-state index is 0.141. The number of hydrogen-bond donors (Lipinski definition) is 4. The highest BCUT2D eigenvalue weighted by atomic mass is 32.2. The number of aliphatic hydroxyl groups is 2. The molecule has 8 nitrogen and oxygen atoms in total. The van der Waals surface area contributed by atoms with Crippen LogP contribution in [0.4, 0.5) is 0 Å². The molecule has 0 bridgehead atoms. The van der Waals surface area contributed by atoms with Crippen molar-refractivity contribution in [2.45, 2.75) is 17.1 Å². The van der Waals surface area contributed by atoms with Crippen LogP contribution in [0.25, 0.3) is 6.08 Å². The Morgan fingerprint density at radius 3 is 2.10 bits per heavy atom. The van der Waals surface area contributed by atoms with Crippen molar-refractivity contribution in [3.63, 3.8) is 0 Å². The van der Waals surface area contributed by atoms with Crippen LogP contribution < -0.4 is 0 Å². The number of fused-ring (bicyclic) bond motifs is 1. The summed E-state index contributed by atoms with van der Waals surface area (Å²) in [5.41, 5.74) is -0.290. The van der Waals surface area contributed by atoms with Gasteiger partial charge in [-0.25, -0.2) is 0 Å². The van der Waals surface area contributed by atoms with Crippen LogP contribution in [0.5, 0.6) is 0 Å². The smallest absolute Gasteiger partial charge is 0.294 e. The van der Waals surface area contributed by atoms with Gasteiger partial charge in [-0.05, 0) is 23.8 Å². The number of benzene rings is 1. The van der Waals surface area contributed by atoms with E-state index in [-0.39, 0.29) is 11.1 Å². The summed E-state index contributed by atoms with van der Waals surface area (Å²) in [5, 5.41) is 19.6. The first-order valence-electron chi connectivity index (χ1n) is 5.16. The molecule has 1 aliphatic rings. The van der Waals surface area contributed by atoms with Crippen LogP contribution in [0.15, 0.2) is 28.0 Å². The van der Waals surface area contributed by atoms with E-state index in [1.807, 2.05) is 0 Å². The second-order valence-corrected chi connectivity index (χ2v) is 7.20. The monoisotopic (exact) mass is 322 g/mol. The van der Waals surface area contributed by atoms with Gasteiger partial charge in [-0.3, -0.25) is 9.11 Å². The third-order valence-electron chi connectivity index (χ3n) is 2.82. The molecule has 10 heteroatoms. The maximum Gasteiger partial charge on any atom is 0.294 e. The summed E-state index contributed by atoms with van der Waals surface area (Å²) in [4.78, 5) is -1.22. The van der Waals surface area contributed by atoms with Crippen LogP contribution in [0.1, 0.15) is 17.5 Å². The predicted octanol–water partition coefficient (Wildman–Crippen LogP) is -0.297. The highest BCUT2D eigenvalue weighted by Crippen LogP contribution is 2.37. The minimum atomic E-state index is -4.66. The van der Waals surface area contributed by atoms with Gasteiger partial charge in [-0.1, -0.05) is 6.07 Å². The fourth-order valence-corrected chi connectivity index (χ4v) is 3.09. The molecule has 0 fully saturated rings. The first kappa shape index (κ1) is 15.1. The lowest BCUT2D eigenvalue weighted by molar-refractivity contribution is -0.167. The summed E-state index contributed by atoms with van der Waals surface area (Å²) in [6, 6.07) is 2.85. The summed E-state index contributed by atoms with van der Waals surface area (Å²) in [6.07, 6.45) is 0.133. The molecule has 2 rings (SSSR count). The lowest BCUT2D eigenvalue weighted by atomic mass is 9.92. The average molecular weight is 322 g/mol. The van der Waals surface area contributed by atoms with Crippen LogP contribution in [-0.2, 0) is 26.0 Å². The van der Waals surface area contributed by atoms with Gasteiger partial charge in [0.1, 0.15) is 0 Å². The average Bonchev–Trinajstić information content (AvgIpc) is 2.24. The van der Waals surface area contributed by atoms with E-state index < -0.39 is 42.2 Å². The zero-order valence-electron chi connectivity index (χ0n) is 9.75. The zero-order chi connectivity index (χ0) is 15.3. The van der Waals surface area contributed by atoms with E-state index in [0.717, 1.165) is 24.3 Å². The van der Waals surface area contributed by atoms with Crippen molar-refractivity contribution in [3.8, 4) is 0 Å². The predicted molar refractivity (Wildman–Crippen MR) is 66.5 cm³/mol. The molecule has 0 radical (unpaired) electrons. The second-order valence-electron chi connectivity index (χ2n) is 4.30. The van der Waals surface area contributed by atoms with E-state index in [2.05, 4.69) is 0 Å². The Balaban J connectivity index is 2.73. The summed E-state index contributed by atoms with van der Waals surface area (Å²) >= 11 is 0. The van der Waals surface area contributed by atoms with Crippen LogP contribution in [-0.4, -0.2) is 36.2 Å². The van der Waals surface area contributed by atoms with Crippen LogP contribution in [0.2, 0.25) is 0 Å². The number of hydrogen-bond acceptors (Lipinski definition) is 6. The molecule has 20 heavy (non-hydrogen) atoms. The highest BCUT2D eigenvalue weighted by Gasteiger charge is 2.37. The summed E-state index contributed by atoms with van der Waals surface area (Å²) < 4.78 is 62.0. The van der Waals surface area contributed by atoms with Crippen molar-refractivity contribution in [2.75, 3.05) is 0 Å². The van der Waals surface area contributed by atoms with Gasteiger partial charge in [0.05, 0.1) is 9.80 Å². The molecule has 1 aromatic carbocycles. The van der Waals surface area contributed by atoms with Crippen molar-refractivity contribution >= 4 is 26.3 Å². The quantitative estimate of drug-likeness (QED) is 0.428. The Morgan fingerprint density at radius 1 is 1.00 bits per heavy atom. The molecule has 0 unspecified atom stereocenters. The maximum absolute atomic E-state index is 11.1. The van der Waals surface area contributed by atoms with E-state index in [0.29, 0.717) is 0 Å². The van der Waals surface area contributed by atoms with Gasteiger partial charge in [0.15, 0.2) is 5.79 Å². The van der Waals surface area contributed by atoms with Crippen molar-refractivity contribution in [2.24, 2.45) is 0 Å². The lowest BCUT2D eigenvalue weighted by Gasteiger charge is -2.28. The van der Waals surface area contributed by atoms with E-state index in [1.54, 1.807) is 0 Å². The van der Waals surface area contributed by atoms with Gasteiger partial charge in [-0.2, -0.15) is 16.8 Å². The highest BCUT2D eigenvalue weighted by molar-refractivity contribution is 7.90. The molecule has 0 spiro atoms. The zero-order valence-corrected chi connectivity index (χ0v) is 11.4. The van der Waals surface area contributed by atoms with Crippen molar-refractivity contribution in [3.05, 3.63) is 34.2 Å². The Labute approximate surface area is 114 Å². The molecule has 4 N–H and O–H groups in total. The first-order valence-corrected chi connectivity index (χ1v) is 8.04. The molecule has 0 aliphatic heterocycles. The molecular formula is C10H10O8S2. The van der Waals surface area contributed by atoms with Crippen molar-refractivity contribution in [1.29, 1.82) is 0 Å². The van der Waals surface area contributed by atoms with Gasteiger partial charge in [-0.15, -0.1) is 0 Å².